The molecule has 0 bridgehead atoms. The van der Waals surface area contributed by atoms with E-state index in [2.05, 4.69) is 5.32 Å². The first kappa shape index (κ1) is 17.0. The SMILES string of the molecule is CNC1CCCN(C(=O)COc2ccc([N+](=O)[O-])c(OC)c2)C1. The van der Waals surface area contributed by atoms with Gasteiger partial charge in [-0.2, -0.15) is 0 Å². The molecule has 1 aromatic carbocycles. The Morgan fingerprint density at radius 1 is 1.52 bits per heavy atom. The second kappa shape index (κ2) is 7.77. The zero-order chi connectivity index (χ0) is 16.8. The maximum Gasteiger partial charge on any atom is 0.311 e. The van der Waals surface area contributed by atoms with Crippen LogP contribution in [0, 0.1) is 10.1 Å². The molecule has 23 heavy (non-hydrogen) atoms. The van der Waals surface area contributed by atoms with Gasteiger partial charge in [-0.25, -0.2) is 0 Å². The Balaban J connectivity index is 1.95. The maximum atomic E-state index is 12.2. The summed E-state index contributed by atoms with van der Waals surface area (Å²) < 4.78 is 10.4. The predicted octanol–water partition coefficient (Wildman–Crippen LogP) is 1.19. The van der Waals surface area contributed by atoms with Crippen molar-refractivity contribution < 1.29 is 19.2 Å². The van der Waals surface area contributed by atoms with Crippen LogP contribution in [0.15, 0.2) is 18.2 Å². The number of nitrogens with one attached hydrogen (secondary N) is 1. The van der Waals surface area contributed by atoms with Crippen molar-refractivity contribution in [3.05, 3.63) is 28.3 Å². The Morgan fingerprint density at radius 2 is 2.30 bits per heavy atom. The van der Waals surface area contributed by atoms with Crippen molar-refractivity contribution in [2.75, 3.05) is 33.9 Å². The molecule has 126 valence electrons. The molecule has 0 saturated carbocycles. The number of hydrogen-bond acceptors (Lipinski definition) is 6. The molecule has 0 spiro atoms. The van der Waals surface area contributed by atoms with Crippen molar-refractivity contribution in [1.29, 1.82) is 0 Å². The molecule has 1 saturated heterocycles. The number of rotatable bonds is 6. The van der Waals surface area contributed by atoms with E-state index < -0.39 is 4.92 Å². The Hall–Kier alpha value is -2.35. The second-order valence-corrected chi connectivity index (χ2v) is 5.35. The molecule has 1 amide bonds. The van der Waals surface area contributed by atoms with E-state index in [4.69, 9.17) is 9.47 Å². The van der Waals surface area contributed by atoms with Crippen LogP contribution in [0.4, 0.5) is 5.69 Å². The minimum atomic E-state index is -0.528. The maximum absolute atomic E-state index is 12.2. The number of nitro benzene ring substituents is 1. The number of benzene rings is 1. The number of amides is 1. The standard InChI is InChI=1S/C15H21N3O5/c1-16-11-4-3-7-17(9-11)15(19)10-23-12-5-6-13(18(20)21)14(8-12)22-2/h5-6,8,11,16H,3-4,7,9-10H2,1-2H3. The number of ether oxygens (including phenoxy) is 2. The summed E-state index contributed by atoms with van der Waals surface area (Å²) >= 11 is 0. The van der Waals surface area contributed by atoms with E-state index in [9.17, 15) is 14.9 Å². The largest absolute Gasteiger partial charge is 0.490 e. The third kappa shape index (κ3) is 4.32. The minimum Gasteiger partial charge on any atom is -0.490 e. The van der Waals surface area contributed by atoms with Crippen molar-refractivity contribution in [1.82, 2.24) is 10.2 Å². The Kier molecular flexibility index (Phi) is 5.75. The summed E-state index contributed by atoms with van der Waals surface area (Å²) in [6.45, 7) is 1.30. The van der Waals surface area contributed by atoms with E-state index in [0.29, 0.717) is 18.3 Å². The van der Waals surface area contributed by atoms with Gasteiger partial charge < -0.3 is 19.7 Å². The van der Waals surface area contributed by atoms with Crippen LogP contribution in [0.5, 0.6) is 11.5 Å². The van der Waals surface area contributed by atoms with E-state index in [-0.39, 0.29) is 24.0 Å². The average molecular weight is 323 g/mol. The number of piperidine rings is 1. The van der Waals surface area contributed by atoms with E-state index in [1.165, 1.54) is 25.3 Å². The van der Waals surface area contributed by atoms with Crippen LogP contribution in [-0.2, 0) is 4.79 Å². The summed E-state index contributed by atoms with van der Waals surface area (Å²) in [5, 5.41) is 14.0. The quantitative estimate of drug-likeness (QED) is 0.624. The number of carbonyl (C=O) groups excluding carboxylic acids is 1. The van der Waals surface area contributed by atoms with Crippen molar-refractivity contribution in [2.45, 2.75) is 18.9 Å². The van der Waals surface area contributed by atoms with Gasteiger partial charge in [-0.3, -0.25) is 14.9 Å². The van der Waals surface area contributed by atoms with Crippen LogP contribution in [0.25, 0.3) is 0 Å². The monoisotopic (exact) mass is 323 g/mol. The number of carbonyl (C=O) groups is 1. The molecule has 0 radical (unpaired) electrons. The van der Waals surface area contributed by atoms with Crippen molar-refractivity contribution in [3.8, 4) is 11.5 Å². The first-order valence-corrected chi connectivity index (χ1v) is 7.45. The molecule has 8 nitrogen and oxygen atoms in total. The molecule has 1 atom stereocenters. The molecule has 8 heteroatoms. The van der Waals surface area contributed by atoms with E-state index in [1.54, 1.807) is 4.90 Å². The molecule has 0 aliphatic carbocycles. The molecule has 1 fully saturated rings. The van der Waals surface area contributed by atoms with Gasteiger partial charge in [0.1, 0.15) is 5.75 Å². The molecule has 1 aliphatic heterocycles. The molecule has 1 heterocycles. The van der Waals surface area contributed by atoms with Gasteiger partial charge in [-0.15, -0.1) is 0 Å². The predicted molar refractivity (Wildman–Crippen MR) is 83.8 cm³/mol. The zero-order valence-electron chi connectivity index (χ0n) is 13.3. The van der Waals surface area contributed by atoms with Crippen LogP contribution >= 0.6 is 0 Å². The van der Waals surface area contributed by atoms with Gasteiger partial charge in [0.15, 0.2) is 6.61 Å². The first-order valence-electron chi connectivity index (χ1n) is 7.45. The van der Waals surface area contributed by atoms with Gasteiger partial charge in [-0.1, -0.05) is 0 Å². The molecule has 1 aliphatic rings. The van der Waals surface area contributed by atoms with Crippen LogP contribution in [0.2, 0.25) is 0 Å². The average Bonchev–Trinajstić information content (AvgIpc) is 2.59. The van der Waals surface area contributed by atoms with E-state index in [1.807, 2.05) is 7.05 Å². The lowest BCUT2D eigenvalue weighted by Gasteiger charge is -2.32. The Labute approximate surface area is 134 Å². The van der Waals surface area contributed by atoms with E-state index >= 15 is 0 Å². The van der Waals surface area contributed by atoms with Crippen LogP contribution < -0.4 is 14.8 Å². The number of nitro groups is 1. The summed E-state index contributed by atoms with van der Waals surface area (Å²) in [5.74, 6) is 0.374. The molecule has 1 unspecified atom stereocenters. The van der Waals surface area contributed by atoms with Gasteiger partial charge in [-0.05, 0) is 26.0 Å². The van der Waals surface area contributed by atoms with Gasteiger partial charge in [0.25, 0.3) is 5.91 Å². The lowest BCUT2D eigenvalue weighted by Crippen LogP contribution is -2.48. The van der Waals surface area contributed by atoms with Gasteiger partial charge in [0.05, 0.1) is 12.0 Å². The number of methoxy groups -OCH3 is 1. The topological polar surface area (TPSA) is 93.9 Å². The summed E-state index contributed by atoms with van der Waals surface area (Å²) in [7, 11) is 3.24. The number of nitrogens with zero attached hydrogens (tertiary/aromatic N) is 2. The lowest BCUT2D eigenvalue weighted by atomic mass is 10.1. The second-order valence-electron chi connectivity index (χ2n) is 5.35. The van der Waals surface area contributed by atoms with Gasteiger partial charge in [0, 0.05) is 31.3 Å². The highest BCUT2D eigenvalue weighted by atomic mass is 16.6. The Bertz CT molecular complexity index is 578. The highest BCUT2D eigenvalue weighted by Crippen LogP contribution is 2.30. The fraction of sp³-hybridized carbons (Fsp3) is 0.533. The van der Waals surface area contributed by atoms with Crippen LogP contribution in [0.1, 0.15) is 12.8 Å². The molecular formula is C15H21N3O5. The molecule has 2 rings (SSSR count). The van der Waals surface area contributed by atoms with Crippen LogP contribution in [-0.4, -0.2) is 55.6 Å². The summed E-state index contributed by atoms with van der Waals surface area (Å²) in [4.78, 5) is 24.3. The van der Waals surface area contributed by atoms with Crippen molar-refractivity contribution in [3.63, 3.8) is 0 Å². The smallest absolute Gasteiger partial charge is 0.311 e. The number of likely N-dealkylation sites (tertiary alicyclic amines) is 1. The molecule has 1 aromatic rings. The van der Waals surface area contributed by atoms with E-state index in [0.717, 1.165) is 19.4 Å². The zero-order valence-corrected chi connectivity index (χ0v) is 13.3. The Morgan fingerprint density at radius 3 is 2.96 bits per heavy atom. The third-order valence-electron chi connectivity index (χ3n) is 3.89. The summed E-state index contributed by atoms with van der Waals surface area (Å²) in [6.07, 6.45) is 2.02. The fourth-order valence-electron chi connectivity index (χ4n) is 2.57. The van der Waals surface area contributed by atoms with Crippen molar-refractivity contribution >= 4 is 11.6 Å². The van der Waals surface area contributed by atoms with Crippen LogP contribution in [0.3, 0.4) is 0 Å². The van der Waals surface area contributed by atoms with Gasteiger partial charge >= 0.3 is 5.69 Å². The lowest BCUT2D eigenvalue weighted by molar-refractivity contribution is -0.385. The minimum absolute atomic E-state index is 0.0951. The molecular weight excluding hydrogens is 302 g/mol. The molecule has 0 aromatic heterocycles. The fourth-order valence-corrected chi connectivity index (χ4v) is 2.57. The summed E-state index contributed by atoms with van der Waals surface area (Å²) in [5.41, 5.74) is -0.140. The summed E-state index contributed by atoms with van der Waals surface area (Å²) in [6, 6.07) is 4.49. The van der Waals surface area contributed by atoms with Crippen molar-refractivity contribution in [2.24, 2.45) is 0 Å². The normalized spacial score (nSPS) is 17.7. The highest BCUT2D eigenvalue weighted by Gasteiger charge is 2.23. The van der Waals surface area contributed by atoms with Gasteiger partial charge in [0.2, 0.25) is 5.75 Å². The first-order chi connectivity index (χ1) is 11.0. The number of hydrogen-bond donors (Lipinski definition) is 1. The highest BCUT2D eigenvalue weighted by molar-refractivity contribution is 5.78. The number of likely N-dealkylation sites (N-methyl/N-ethyl adjacent to an activating group) is 1. The third-order valence-corrected chi connectivity index (χ3v) is 3.89. The molecule has 1 N–H and O–H groups in total.